The first kappa shape index (κ1) is 15.9. The lowest BCUT2D eigenvalue weighted by molar-refractivity contribution is 0.281. The van der Waals surface area contributed by atoms with Crippen LogP contribution in [-0.4, -0.2) is 17.4 Å². The van der Waals surface area contributed by atoms with Crippen LogP contribution in [0.4, 0.5) is 0 Å². The van der Waals surface area contributed by atoms with Gasteiger partial charge in [0.15, 0.2) is 5.76 Å². The van der Waals surface area contributed by atoms with E-state index in [9.17, 15) is 5.11 Å². The van der Waals surface area contributed by atoms with Crippen LogP contribution in [0.25, 0.3) is 22.6 Å². The summed E-state index contributed by atoms with van der Waals surface area (Å²) in [7, 11) is 1.60. The van der Waals surface area contributed by atoms with Crippen molar-refractivity contribution in [1.82, 2.24) is 5.16 Å². The third-order valence-corrected chi connectivity index (χ3v) is 3.87. The van der Waals surface area contributed by atoms with E-state index in [-0.39, 0.29) is 6.61 Å². The molecule has 0 fully saturated rings. The van der Waals surface area contributed by atoms with Crippen molar-refractivity contribution in [3.8, 4) is 28.3 Å². The molecule has 0 atom stereocenters. The van der Waals surface area contributed by atoms with Crippen LogP contribution in [-0.2, 0) is 6.61 Å². The first-order chi connectivity index (χ1) is 11.1. The highest BCUT2D eigenvalue weighted by molar-refractivity contribution is 6.35. The summed E-state index contributed by atoms with van der Waals surface area (Å²) in [5.74, 6) is 1.19. The molecule has 0 aliphatic rings. The molecule has 3 aromatic rings. The average molecular weight is 350 g/mol. The van der Waals surface area contributed by atoms with Gasteiger partial charge in [-0.05, 0) is 42.5 Å². The van der Waals surface area contributed by atoms with Gasteiger partial charge in [0.2, 0.25) is 0 Å². The number of hydrogen-bond acceptors (Lipinski definition) is 4. The third-order valence-electron chi connectivity index (χ3n) is 3.43. The maximum absolute atomic E-state index is 9.76. The summed E-state index contributed by atoms with van der Waals surface area (Å²) >= 11 is 12.1. The molecule has 4 nitrogen and oxygen atoms in total. The number of halogens is 2. The molecular formula is C17H13Cl2NO3. The van der Waals surface area contributed by atoms with Crippen molar-refractivity contribution in [3.05, 3.63) is 58.1 Å². The van der Waals surface area contributed by atoms with E-state index < -0.39 is 0 Å². The zero-order valence-corrected chi connectivity index (χ0v) is 13.7. The van der Waals surface area contributed by atoms with Gasteiger partial charge in [-0.3, -0.25) is 0 Å². The Bertz CT molecular complexity index is 808. The van der Waals surface area contributed by atoms with Crippen molar-refractivity contribution >= 4 is 23.2 Å². The average Bonchev–Trinajstić information content (AvgIpc) is 2.98. The van der Waals surface area contributed by atoms with Crippen LogP contribution in [0.15, 0.2) is 47.0 Å². The zero-order valence-electron chi connectivity index (χ0n) is 12.2. The molecule has 1 aromatic heterocycles. The van der Waals surface area contributed by atoms with Crippen LogP contribution < -0.4 is 4.74 Å². The van der Waals surface area contributed by atoms with Crippen LogP contribution >= 0.6 is 23.2 Å². The van der Waals surface area contributed by atoms with Crippen molar-refractivity contribution in [1.29, 1.82) is 0 Å². The Labute approximate surface area is 143 Å². The summed E-state index contributed by atoms with van der Waals surface area (Å²) in [6, 6.07) is 12.4. The van der Waals surface area contributed by atoms with E-state index >= 15 is 0 Å². The van der Waals surface area contributed by atoms with Gasteiger partial charge in [0.1, 0.15) is 11.4 Å². The molecule has 0 radical (unpaired) electrons. The van der Waals surface area contributed by atoms with Gasteiger partial charge < -0.3 is 14.4 Å². The van der Waals surface area contributed by atoms with Crippen molar-refractivity contribution in [2.75, 3.05) is 7.11 Å². The lowest BCUT2D eigenvalue weighted by Crippen LogP contribution is -1.90. The number of methoxy groups -OCH3 is 1. The topological polar surface area (TPSA) is 55.5 Å². The van der Waals surface area contributed by atoms with Crippen molar-refractivity contribution < 1.29 is 14.4 Å². The highest BCUT2D eigenvalue weighted by atomic mass is 35.5. The molecular weight excluding hydrogens is 337 g/mol. The maximum atomic E-state index is 9.76. The van der Waals surface area contributed by atoms with E-state index in [0.717, 1.165) is 11.3 Å². The molecule has 0 aliphatic heterocycles. The number of hydrogen-bond donors (Lipinski definition) is 1. The van der Waals surface area contributed by atoms with Gasteiger partial charge in [-0.25, -0.2) is 0 Å². The summed E-state index contributed by atoms with van der Waals surface area (Å²) in [4.78, 5) is 0. The van der Waals surface area contributed by atoms with E-state index in [1.54, 1.807) is 25.3 Å². The van der Waals surface area contributed by atoms with E-state index in [1.165, 1.54) is 0 Å². The number of aliphatic hydroxyl groups is 1. The number of aromatic nitrogens is 1. The molecule has 0 saturated carbocycles. The quantitative estimate of drug-likeness (QED) is 0.733. The molecule has 118 valence electrons. The Hall–Kier alpha value is -2.01. The minimum absolute atomic E-state index is 0.218. The summed E-state index contributed by atoms with van der Waals surface area (Å²) in [6.07, 6.45) is 0. The minimum Gasteiger partial charge on any atom is -0.497 e. The Balaban J connectivity index is 2.08. The highest BCUT2D eigenvalue weighted by Gasteiger charge is 2.19. The Morgan fingerprint density at radius 2 is 1.70 bits per heavy atom. The molecule has 0 aliphatic carbocycles. The van der Waals surface area contributed by atoms with Crippen molar-refractivity contribution in [2.45, 2.75) is 6.61 Å². The number of aliphatic hydroxyl groups excluding tert-OH is 1. The fourth-order valence-electron chi connectivity index (χ4n) is 2.34. The summed E-state index contributed by atoms with van der Waals surface area (Å²) < 4.78 is 10.6. The van der Waals surface area contributed by atoms with E-state index in [0.29, 0.717) is 32.6 Å². The van der Waals surface area contributed by atoms with Gasteiger partial charge >= 0.3 is 0 Å². The monoisotopic (exact) mass is 349 g/mol. The highest BCUT2D eigenvalue weighted by Crippen LogP contribution is 2.35. The van der Waals surface area contributed by atoms with Gasteiger partial charge in [-0.15, -0.1) is 0 Å². The van der Waals surface area contributed by atoms with Gasteiger partial charge in [-0.2, -0.15) is 0 Å². The van der Waals surface area contributed by atoms with E-state index in [2.05, 4.69) is 5.16 Å². The third kappa shape index (κ3) is 3.20. The van der Waals surface area contributed by atoms with Crippen LogP contribution in [0, 0.1) is 0 Å². The normalized spacial score (nSPS) is 10.8. The molecule has 2 aromatic carbocycles. The van der Waals surface area contributed by atoms with E-state index in [1.807, 2.05) is 24.3 Å². The zero-order chi connectivity index (χ0) is 16.4. The fraction of sp³-hybridized carbons (Fsp3) is 0.118. The summed E-state index contributed by atoms with van der Waals surface area (Å²) in [5.41, 5.74) is 2.63. The molecule has 3 rings (SSSR count). The van der Waals surface area contributed by atoms with Gasteiger partial charge in [0, 0.05) is 21.2 Å². The number of benzene rings is 2. The second-order valence-electron chi connectivity index (χ2n) is 4.88. The van der Waals surface area contributed by atoms with Crippen molar-refractivity contribution in [2.24, 2.45) is 0 Å². The molecule has 6 heteroatoms. The standard InChI is InChI=1S/C17H13Cl2NO3/c1-22-14-4-2-10(3-5-14)16-15(9-21)17(23-20-16)11-6-12(18)8-13(19)7-11/h2-8,21H,9H2,1H3. The summed E-state index contributed by atoms with van der Waals surface area (Å²) in [5, 5.41) is 14.8. The molecule has 0 saturated heterocycles. The SMILES string of the molecule is COc1ccc(-c2noc(-c3cc(Cl)cc(Cl)c3)c2CO)cc1. The lowest BCUT2D eigenvalue weighted by Gasteiger charge is -2.04. The molecule has 0 amide bonds. The van der Waals surface area contributed by atoms with Gasteiger partial charge in [0.25, 0.3) is 0 Å². The molecule has 1 heterocycles. The summed E-state index contributed by atoms with van der Waals surface area (Å²) in [6.45, 7) is -0.218. The predicted octanol–water partition coefficient (Wildman–Crippen LogP) is 4.82. The number of ether oxygens (including phenoxy) is 1. The largest absolute Gasteiger partial charge is 0.497 e. The first-order valence-corrected chi connectivity index (χ1v) is 7.58. The molecule has 23 heavy (non-hydrogen) atoms. The Kier molecular flexibility index (Phi) is 4.57. The van der Waals surface area contributed by atoms with E-state index in [4.69, 9.17) is 32.5 Å². The second kappa shape index (κ2) is 6.62. The van der Waals surface area contributed by atoms with Crippen LogP contribution in [0.3, 0.4) is 0 Å². The second-order valence-corrected chi connectivity index (χ2v) is 5.76. The fourth-order valence-corrected chi connectivity index (χ4v) is 2.87. The van der Waals surface area contributed by atoms with Gasteiger partial charge in [-0.1, -0.05) is 28.4 Å². The first-order valence-electron chi connectivity index (χ1n) is 6.82. The maximum Gasteiger partial charge on any atom is 0.173 e. The Morgan fingerprint density at radius 1 is 1.04 bits per heavy atom. The molecule has 0 bridgehead atoms. The number of rotatable bonds is 4. The molecule has 1 N–H and O–H groups in total. The smallest absolute Gasteiger partial charge is 0.173 e. The molecule has 0 unspecified atom stereocenters. The minimum atomic E-state index is -0.218. The van der Waals surface area contributed by atoms with Crippen LogP contribution in [0.1, 0.15) is 5.56 Å². The van der Waals surface area contributed by atoms with Crippen LogP contribution in [0.2, 0.25) is 10.0 Å². The van der Waals surface area contributed by atoms with Crippen molar-refractivity contribution in [3.63, 3.8) is 0 Å². The molecule has 0 spiro atoms. The van der Waals surface area contributed by atoms with Gasteiger partial charge in [0.05, 0.1) is 19.3 Å². The number of nitrogens with zero attached hydrogens (tertiary/aromatic N) is 1. The lowest BCUT2D eigenvalue weighted by atomic mass is 10.0. The van der Waals surface area contributed by atoms with Crippen LogP contribution in [0.5, 0.6) is 5.75 Å². The predicted molar refractivity (Wildman–Crippen MR) is 89.9 cm³/mol. The Morgan fingerprint density at radius 3 is 2.26 bits per heavy atom.